The monoisotopic (exact) mass is 574 g/mol. The summed E-state index contributed by atoms with van der Waals surface area (Å²) in [6.07, 6.45) is 34.3. The van der Waals surface area contributed by atoms with Gasteiger partial charge in [-0.2, -0.15) is 0 Å². The molecule has 0 aliphatic carbocycles. The summed E-state index contributed by atoms with van der Waals surface area (Å²) in [5.41, 5.74) is 0. The molecule has 0 N–H and O–H groups in total. The van der Waals surface area contributed by atoms with Crippen molar-refractivity contribution in [1.29, 1.82) is 0 Å². The standard InChI is InChI=1S/C32H62O3.2K.2H/c1-3-5-7-9-11-13-15-17-19-21-23-25-27-29-31(33)35-32(34)30-28-26-24-22-20-18-16-14-12-10-8-6-4-2;;;;/h3-30H2,1-2H3;;;;/q;2*+1;2*-1. The molecule has 0 spiro atoms. The maximum absolute atomic E-state index is 11.8. The summed E-state index contributed by atoms with van der Waals surface area (Å²) in [7, 11) is 0. The van der Waals surface area contributed by atoms with Gasteiger partial charge < -0.3 is 7.59 Å². The van der Waals surface area contributed by atoms with Crippen LogP contribution in [0.1, 0.15) is 196 Å². The van der Waals surface area contributed by atoms with Crippen molar-refractivity contribution in [3.8, 4) is 0 Å². The van der Waals surface area contributed by atoms with Crippen LogP contribution < -0.4 is 103 Å². The number of esters is 2. The zero-order chi connectivity index (χ0) is 25.7. The van der Waals surface area contributed by atoms with Gasteiger partial charge >= 0.3 is 115 Å². The molecule has 0 aromatic carbocycles. The fourth-order valence-corrected chi connectivity index (χ4v) is 4.80. The third-order valence-corrected chi connectivity index (χ3v) is 7.20. The average molecular weight is 575 g/mol. The van der Waals surface area contributed by atoms with E-state index in [0.717, 1.165) is 25.7 Å². The minimum Gasteiger partial charge on any atom is -1.00 e. The Kier molecular flexibility index (Phi) is 45.5. The van der Waals surface area contributed by atoms with Crippen LogP contribution >= 0.6 is 0 Å². The fourth-order valence-electron chi connectivity index (χ4n) is 4.80. The number of hydrogen-bond donors (Lipinski definition) is 0. The molecule has 0 atom stereocenters. The van der Waals surface area contributed by atoms with Crippen LogP contribution in [-0.2, 0) is 14.3 Å². The summed E-state index contributed by atoms with van der Waals surface area (Å²) in [5, 5.41) is 0. The molecule has 0 saturated carbocycles. The molecule has 3 nitrogen and oxygen atoms in total. The average Bonchev–Trinajstić information content (AvgIpc) is 2.85. The van der Waals surface area contributed by atoms with Gasteiger partial charge in [-0.1, -0.05) is 168 Å². The van der Waals surface area contributed by atoms with Crippen molar-refractivity contribution >= 4 is 11.9 Å². The van der Waals surface area contributed by atoms with Crippen LogP contribution in [0.25, 0.3) is 0 Å². The van der Waals surface area contributed by atoms with E-state index in [1.165, 1.54) is 141 Å². The maximum atomic E-state index is 11.8. The maximum Gasteiger partial charge on any atom is 1.00 e. The second-order valence-corrected chi connectivity index (χ2v) is 10.8. The number of ether oxygens (including phenoxy) is 1. The summed E-state index contributed by atoms with van der Waals surface area (Å²) in [4.78, 5) is 23.7. The Labute approximate surface area is 320 Å². The first-order valence-corrected chi connectivity index (χ1v) is 15.9. The van der Waals surface area contributed by atoms with Crippen LogP contribution in [0.4, 0.5) is 0 Å². The quantitative estimate of drug-likeness (QED) is 0.0555. The Morgan fingerprint density at radius 2 is 0.568 bits per heavy atom. The molecule has 0 unspecified atom stereocenters. The van der Waals surface area contributed by atoms with Crippen molar-refractivity contribution in [2.75, 3.05) is 0 Å². The number of carbonyl (C=O) groups is 2. The molecule has 0 rings (SSSR count). The summed E-state index contributed by atoms with van der Waals surface area (Å²) in [5.74, 6) is -0.652. The summed E-state index contributed by atoms with van der Waals surface area (Å²) >= 11 is 0. The van der Waals surface area contributed by atoms with E-state index in [9.17, 15) is 9.59 Å². The van der Waals surface area contributed by atoms with Crippen LogP contribution in [-0.4, -0.2) is 11.9 Å². The first-order valence-electron chi connectivity index (χ1n) is 15.9. The molecule has 0 aliphatic heterocycles. The summed E-state index contributed by atoms with van der Waals surface area (Å²) in [6, 6.07) is 0. The Balaban J connectivity index is -0.000000963. The van der Waals surface area contributed by atoms with Gasteiger partial charge in [0.05, 0.1) is 0 Å². The van der Waals surface area contributed by atoms with Gasteiger partial charge in [-0.15, -0.1) is 0 Å². The van der Waals surface area contributed by atoms with Crippen LogP contribution in [0.2, 0.25) is 0 Å². The van der Waals surface area contributed by atoms with Gasteiger partial charge in [0.15, 0.2) is 0 Å². The molecule has 37 heavy (non-hydrogen) atoms. The minimum absolute atomic E-state index is 0. The van der Waals surface area contributed by atoms with E-state index in [0.29, 0.717) is 12.8 Å². The van der Waals surface area contributed by atoms with E-state index in [1.54, 1.807) is 0 Å². The first-order chi connectivity index (χ1) is 17.2. The molecule has 0 aliphatic rings. The third-order valence-electron chi connectivity index (χ3n) is 7.20. The number of rotatable bonds is 28. The SMILES string of the molecule is CCCCCCCCCCCCCCCC(=O)OC(=O)CCCCCCCCCCCCCCC.[H-].[H-].[K+].[K+]. The van der Waals surface area contributed by atoms with E-state index < -0.39 is 0 Å². The molecule has 0 saturated heterocycles. The Morgan fingerprint density at radius 1 is 0.378 bits per heavy atom. The smallest absolute Gasteiger partial charge is 1.00 e. The van der Waals surface area contributed by atoms with E-state index in [2.05, 4.69) is 13.8 Å². The molecule has 0 aromatic heterocycles. The zero-order valence-corrected chi connectivity index (χ0v) is 32.3. The van der Waals surface area contributed by atoms with E-state index in [1.807, 2.05) is 0 Å². The van der Waals surface area contributed by atoms with Crippen molar-refractivity contribution < 1.29 is 120 Å². The van der Waals surface area contributed by atoms with Crippen molar-refractivity contribution in [1.82, 2.24) is 0 Å². The summed E-state index contributed by atoms with van der Waals surface area (Å²) in [6.45, 7) is 4.54. The van der Waals surface area contributed by atoms with Crippen molar-refractivity contribution in [2.24, 2.45) is 0 Å². The van der Waals surface area contributed by atoms with Gasteiger partial charge in [0.25, 0.3) is 0 Å². The van der Waals surface area contributed by atoms with Gasteiger partial charge in [0.2, 0.25) is 0 Å². The minimum atomic E-state index is -0.326. The molecule has 0 radical (unpaired) electrons. The molecule has 0 amide bonds. The second kappa shape index (κ2) is 38.4. The number of carbonyl (C=O) groups excluding carboxylic acids is 2. The van der Waals surface area contributed by atoms with Crippen molar-refractivity contribution in [3.63, 3.8) is 0 Å². The zero-order valence-electron chi connectivity index (χ0n) is 28.0. The van der Waals surface area contributed by atoms with Crippen LogP contribution in [0.15, 0.2) is 0 Å². The second-order valence-electron chi connectivity index (χ2n) is 10.8. The summed E-state index contributed by atoms with van der Waals surface area (Å²) < 4.78 is 4.99. The normalized spacial score (nSPS) is 10.5. The Bertz CT molecular complexity index is 429. The van der Waals surface area contributed by atoms with Crippen molar-refractivity contribution in [2.45, 2.75) is 194 Å². The molecular formula is C32H64K2O3. The van der Waals surface area contributed by atoms with Gasteiger partial charge in [0, 0.05) is 12.8 Å². The Hall–Kier alpha value is 2.41. The van der Waals surface area contributed by atoms with Crippen LogP contribution in [0.5, 0.6) is 0 Å². The van der Waals surface area contributed by atoms with Gasteiger partial charge in [-0.05, 0) is 12.8 Å². The predicted octanol–water partition coefficient (Wildman–Crippen LogP) is 5.25. The van der Waals surface area contributed by atoms with Crippen molar-refractivity contribution in [3.05, 3.63) is 0 Å². The van der Waals surface area contributed by atoms with Gasteiger partial charge in [-0.25, -0.2) is 0 Å². The Morgan fingerprint density at radius 3 is 0.784 bits per heavy atom. The first kappa shape index (κ1) is 43.9. The van der Waals surface area contributed by atoms with Gasteiger partial charge in [-0.3, -0.25) is 9.59 Å². The van der Waals surface area contributed by atoms with E-state index >= 15 is 0 Å². The molecule has 0 bridgehead atoms. The molecular weight excluding hydrogens is 511 g/mol. The topological polar surface area (TPSA) is 43.4 Å². The van der Waals surface area contributed by atoms with E-state index in [4.69, 9.17) is 4.74 Å². The third kappa shape index (κ3) is 38.4. The number of unbranched alkanes of at least 4 members (excludes halogenated alkanes) is 24. The largest absolute Gasteiger partial charge is 1.00 e. The molecule has 0 fully saturated rings. The molecule has 212 valence electrons. The fraction of sp³-hybridized carbons (Fsp3) is 0.938. The van der Waals surface area contributed by atoms with Crippen LogP contribution in [0.3, 0.4) is 0 Å². The number of hydrogen-bond acceptors (Lipinski definition) is 3. The van der Waals surface area contributed by atoms with Gasteiger partial charge in [0.1, 0.15) is 0 Å². The predicted molar refractivity (Wildman–Crippen MR) is 154 cm³/mol. The molecule has 0 heterocycles. The van der Waals surface area contributed by atoms with Crippen LogP contribution in [0, 0.1) is 0 Å². The van der Waals surface area contributed by atoms with E-state index in [-0.39, 0.29) is 118 Å². The molecule has 0 aromatic rings. The molecule has 5 heteroatoms.